The van der Waals surface area contributed by atoms with Gasteiger partial charge < -0.3 is 4.42 Å². The molecule has 0 saturated carbocycles. The normalized spacial score (nSPS) is 11.6. The average molecular weight is 294 g/mol. The van der Waals surface area contributed by atoms with Crippen LogP contribution in [0.4, 0.5) is 5.69 Å². The molecule has 2 aromatic rings. The molecule has 21 heavy (non-hydrogen) atoms. The molecule has 0 saturated heterocycles. The number of carbonyl (C=O) groups excluding carboxylic acids is 1. The molecule has 0 aliphatic carbocycles. The fourth-order valence-electron chi connectivity index (χ4n) is 1.98. The van der Waals surface area contributed by atoms with Crippen LogP contribution in [0.3, 0.4) is 0 Å². The zero-order valence-corrected chi connectivity index (χ0v) is 11.5. The summed E-state index contributed by atoms with van der Waals surface area (Å²) in [5.74, 6) is 3.95. The second-order valence-corrected chi connectivity index (χ2v) is 5.22. The predicted molar refractivity (Wildman–Crippen MR) is 73.2 cm³/mol. The van der Waals surface area contributed by atoms with E-state index >= 15 is 0 Å². The number of benzene rings is 1. The fourth-order valence-corrected chi connectivity index (χ4v) is 1.98. The number of hydrogen-bond acceptors (Lipinski definition) is 6. The molecule has 9 heteroatoms. The summed E-state index contributed by atoms with van der Waals surface area (Å²) in [5.41, 5.74) is 1.34. The van der Waals surface area contributed by atoms with Gasteiger partial charge in [0.05, 0.1) is 15.9 Å². The number of nitro groups is 1. The maximum atomic E-state index is 11.9. The Morgan fingerprint density at radius 2 is 2.19 bits per heavy atom. The van der Waals surface area contributed by atoms with Crippen molar-refractivity contribution in [2.75, 3.05) is 0 Å². The van der Waals surface area contributed by atoms with Crippen LogP contribution in [0.15, 0.2) is 27.4 Å². The number of hydrogen-bond donors (Lipinski definition) is 2. The summed E-state index contributed by atoms with van der Waals surface area (Å²) >= 11 is 0. The lowest BCUT2D eigenvalue weighted by Crippen LogP contribution is -2.44. The van der Waals surface area contributed by atoms with Gasteiger partial charge in [-0.05, 0) is 19.9 Å². The average Bonchev–Trinajstić information content (AvgIpc) is 2.73. The van der Waals surface area contributed by atoms with Gasteiger partial charge in [0, 0.05) is 18.7 Å². The van der Waals surface area contributed by atoms with Gasteiger partial charge in [0.25, 0.3) is 5.69 Å². The van der Waals surface area contributed by atoms with E-state index in [9.17, 15) is 19.7 Å². The SMILES string of the molecule is CC(C)(Cn1c(=O)oc2ccc([N+](=O)[O-])cc21)C(=O)NN. The summed E-state index contributed by atoms with van der Waals surface area (Å²) < 4.78 is 6.19. The number of amides is 1. The van der Waals surface area contributed by atoms with Crippen molar-refractivity contribution < 1.29 is 14.1 Å². The summed E-state index contributed by atoms with van der Waals surface area (Å²) in [4.78, 5) is 33.8. The van der Waals surface area contributed by atoms with E-state index in [0.717, 1.165) is 0 Å². The molecule has 0 bridgehead atoms. The minimum atomic E-state index is -0.986. The van der Waals surface area contributed by atoms with Crippen LogP contribution < -0.4 is 17.0 Å². The van der Waals surface area contributed by atoms with E-state index in [0.29, 0.717) is 0 Å². The quantitative estimate of drug-likeness (QED) is 0.365. The maximum absolute atomic E-state index is 11.9. The number of rotatable bonds is 4. The molecule has 112 valence electrons. The number of carbonyl (C=O) groups is 1. The molecule has 0 fully saturated rings. The summed E-state index contributed by atoms with van der Waals surface area (Å²) in [6.07, 6.45) is 0. The molecular formula is C12H14N4O5. The van der Waals surface area contributed by atoms with Crippen molar-refractivity contribution in [3.05, 3.63) is 38.9 Å². The van der Waals surface area contributed by atoms with E-state index < -0.39 is 22.0 Å². The highest BCUT2D eigenvalue weighted by Crippen LogP contribution is 2.24. The van der Waals surface area contributed by atoms with Crippen LogP contribution in [-0.4, -0.2) is 15.4 Å². The van der Waals surface area contributed by atoms with E-state index in [2.05, 4.69) is 0 Å². The van der Waals surface area contributed by atoms with Gasteiger partial charge in [0.1, 0.15) is 0 Å². The van der Waals surface area contributed by atoms with Crippen molar-refractivity contribution >= 4 is 22.7 Å². The van der Waals surface area contributed by atoms with Crippen molar-refractivity contribution in [3.63, 3.8) is 0 Å². The maximum Gasteiger partial charge on any atom is 0.419 e. The van der Waals surface area contributed by atoms with Gasteiger partial charge in [-0.2, -0.15) is 0 Å². The Bertz CT molecular complexity index is 774. The Labute approximate surface area is 118 Å². The number of non-ortho nitro benzene ring substituents is 1. The van der Waals surface area contributed by atoms with Crippen LogP contribution in [0, 0.1) is 15.5 Å². The molecule has 1 heterocycles. The first-order valence-corrected chi connectivity index (χ1v) is 6.05. The molecule has 1 amide bonds. The Hall–Kier alpha value is -2.68. The summed E-state index contributed by atoms with van der Waals surface area (Å²) in [7, 11) is 0. The minimum Gasteiger partial charge on any atom is -0.408 e. The van der Waals surface area contributed by atoms with E-state index in [-0.39, 0.29) is 23.3 Å². The van der Waals surface area contributed by atoms with Gasteiger partial charge in [-0.1, -0.05) is 0 Å². The molecule has 1 aromatic carbocycles. The van der Waals surface area contributed by atoms with Gasteiger partial charge in [0.2, 0.25) is 5.91 Å². The fraction of sp³-hybridized carbons (Fsp3) is 0.333. The lowest BCUT2D eigenvalue weighted by atomic mass is 9.92. The molecule has 0 radical (unpaired) electrons. The predicted octanol–water partition coefficient (Wildman–Crippen LogP) is 0.519. The standard InChI is InChI=1S/C12H14N4O5/c1-12(2,10(17)14-13)6-15-8-5-7(16(19)20)3-4-9(8)21-11(15)18/h3-5H,6,13H2,1-2H3,(H,14,17). The first-order valence-electron chi connectivity index (χ1n) is 6.05. The van der Waals surface area contributed by atoms with Crippen molar-refractivity contribution in [3.8, 4) is 0 Å². The van der Waals surface area contributed by atoms with E-state index in [1.165, 1.54) is 22.8 Å². The zero-order chi connectivity index (χ0) is 15.8. The highest BCUT2D eigenvalue weighted by Gasteiger charge is 2.29. The number of fused-ring (bicyclic) bond motifs is 1. The van der Waals surface area contributed by atoms with Crippen molar-refractivity contribution in [2.45, 2.75) is 20.4 Å². The van der Waals surface area contributed by atoms with E-state index in [1.54, 1.807) is 13.8 Å². The number of nitro benzene ring substituents is 1. The summed E-state index contributed by atoms with van der Waals surface area (Å²) in [6, 6.07) is 3.82. The Balaban J connectivity index is 2.55. The zero-order valence-electron chi connectivity index (χ0n) is 11.5. The van der Waals surface area contributed by atoms with E-state index in [1.807, 2.05) is 5.43 Å². The third kappa shape index (κ3) is 2.63. The highest BCUT2D eigenvalue weighted by atomic mass is 16.6. The molecule has 9 nitrogen and oxygen atoms in total. The first-order chi connectivity index (χ1) is 9.76. The molecule has 1 aromatic heterocycles. The van der Waals surface area contributed by atoms with Gasteiger partial charge in [-0.3, -0.25) is 24.9 Å². The smallest absolute Gasteiger partial charge is 0.408 e. The Kier molecular flexibility index (Phi) is 3.52. The summed E-state index contributed by atoms with van der Waals surface area (Å²) in [6.45, 7) is 3.17. The van der Waals surface area contributed by atoms with Gasteiger partial charge in [-0.25, -0.2) is 10.6 Å². The minimum absolute atomic E-state index is 0.0248. The van der Waals surface area contributed by atoms with Gasteiger partial charge in [0.15, 0.2) is 5.58 Å². The first kappa shape index (κ1) is 14.7. The molecule has 0 aliphatic heterocycles. The number of aromatic nitrogens is 1. The Morgan fingerprint density at radius 3 is 2.76 bits per heavy atom. The van der Waals surface area contributed by atoms with Crippen LogP contribution >= 0.6 is 0 Å². The molecule has 2 rings (SSSR count). The van der Waals surface area contributed by atoms with Crippen LogP contribution in [0.5, 0.6) is 0 Å². The van der Waals surface area contributed by atoms with E-state index in [4.69, 9.17) is 10.3 Å². The van der Waals surface area contributed by atoms with Crippen LogP contribution in [0.2, 0.25) is 0 Å². The highest BCUT2D eigenvalue weighted by molar-refractivity contribution is 5.81. The van der Waals surface area contributed by atoms with Crippen LogP contribution in [0.1, 0.15) is 13.8 Å². The molecule has 3 N–H and O–H groups in total. The van der Waals surface area contributed by atoms with Crippen LogP contribution in [-0.2, 0) is 11.3 Å². The largest absolute Gasteiger partial charge is 0.419 e. The lowest BCUT2D eigenvalue weighted by molar-refractivity contribution is -0.384. The molecular weight excluding hydrogens is 280 g/mol. The topological polar surface area (TPSA) is 133 Å². The number of oxazole rings is 1. The summed E-state index contributed by atoms with van der Waals surface area (Å²) in [5, 5.41) is 10.8. The Morgan fingerprint density at radius 1 is 1.52 bits per heavy atom. The third-order valence-electron chi connectivity index (χ3n) is 3.16. The van der Waals surface area contributed by atoms with Crippen molar-refractivity contribution in [2.24, 2.45) is 11.3 Å². The monoisotopic (exact) mass is 294 g/mol. The van der Waals surface area contributed by atoms with Crippen molar-refractivity contribution in [1.82, 2.24) is 9.99 Å². The lowest BCUT2D eigenvalue weighted by Gasteiger charge is -2.22. The van der Waals surface area contributed by atoms with Gasteiger partial charge >= 0.3 is 5.76 Å². The van der Waals surface area contributed by atoms with Gasteiger partial charge in [-0.15, -0.1) is 0 Å². The second kappa shape index (κ2) is 5.02. The van der Waals surface area contributed by atoms with Crippen LogP contribution in [0.25, 0.3) is 11.1 Å². The molecule has 0 aliphatic rings. The second-order valence-electron chi connectivity index (χ2n) is 5.22. The number of nitrogens with two attached hydrogens (primary N) is 1. The number of nitrogens with one attached hydrogen (secondary N) is 1. The molecule has 0 unspecified atom stereocenters. The number of nitrogens with zero attached hydrogens (tertiary/aromatic N) is 2. The van der Waals surface area contributed by atoms with Crippen molar-refractivity contribution in [1.29, 1.82) is 0 Å². The number of hydrazine groups is 1. The molecule has 0 spiro atoms. The third-order valence-corrected chi connectivity index (χ3v) is 3.16. The molecule has 0 atom stereocenters.